The van der Waals surface area contributed by atoms with Crippen LogP contribution in [-0.2, 0) is 11.3 Å². The average molecular weight is 434 g/mol. The number of rotatable bonds is 8. The molecule has 1 aliphatic rings. The fourth-order valence-corrected chi connectivity index (χ4v) is 3.38. The topological polar surface area (TPSA) is 75.0 Å². The molecule has 1 aromatic carbocycles. The summed E-state index contributed by atoms with van der Waals surface area (Å²) in [5.74, 6) is 0.715. The summed E-state index contributed by atoms with van der Waals surface area (Å²) in [5.41, 5.74) is 0.832. The minimum Gasteiger partial charge on any atom is -0.477 e. The number of carbonyl (C=O) groups is 1. The number of hydrogen-bond donors (Lipinski definition) is 1. The van der Waals surface area contributed by atoms with Crippen LogP contribution in [-0.4, -0.2) is 50.1 Å². The van der Waals surface area contributed by atoms with Gasteiger partial charge in [0.25, 0.3) is 5.91 Å². The van der Waals surface area contributed by atoms with Gasteiger partial charge in [-0.2, -0.15) is 0 Å². The van der Waals surface area contributed by atoms with E-state index in [0.717, 1.165) is 36.9 Å². The van der Waals surface area contributed by atoms with E-state index in [1.54, 1.807) is 0 Å². The number of amides is 1. The van der Waals surface area contributed by atoms with Crippen molar-refractivity contribution in [1.82, 2.24) is 10.2 Å². The highest BCUT2D eigenvalue weighted by Crippen LogP contribution is 2.21. The molecule has 162 valence electrons. The predicted molar refractivity (Wildman–Crippen MR) is 117 cm³/mol. The molecule has 1 amide bonds. The zero-order valence-electron chi connectivity index (χ0n) is 17.4. The largest absolute Gasteiger partial charge is 0.477 e. The Morgan fingerprint density at radius 1 is 1.23 bits per heavy atom. The van der Waals surface area contributed by atoms with Gasteiger partial charge in [0.1, 0.15) is 12.0 Å². The minimum atomic E-state index is -0.287. The van der Waals surface area contributed by atoms with Gasteiger partial charge in [-0.25, -0.2) is 0 Å². The second kappa shape index (κ2) is 10.5. The van der Waals surface area contributed by atoms with Crippen molar-refractivity contribution in [2.24, 2.45) is 5.92 Å². The Morgan fingerprint density at radius 3 is 2.67 bits per heavy atom. The van der Waals surface area contributed by atoms with Crippen LogP contribution >= 0.6 is 11.6 Å². The number of piperazine rings is 1. The molecule has 0 saturated carbocycles. The van der Waals surface area contributed by atoms with Gasteiger partial charge in [0, 0.05) is 49.5 Å². The van der Waals surface area contributed by atoms with E-state index < -0.39 is 0 Å². The van der Waals surface area contributed by atoms with Crippen LogP contribution < -0.4 is 20.4 Å². The Bertz CT molecular complexity index is 907. The van der Waals surface area contributed by atoms with Gasteiger partial charge in [0.05, 0.1) is 6.54 Å². The maximum atomic E-state index is 12.3. The molecule has 1 N–H and O–H groups in total. The molecule has 0 bridgehead atoms. The summed E-state index contributed by atoms with van der Waals surface area (Å²) in [5, 5.41) is 3.47. The number of ether oxygens (including phenoxy) is 1. The third-order valence-electron chi connectivity index (χ3n) is 4.84. The molecule has 1 fully saturated rings. The normalized spacial score (nSPS) is 14.7. The van der Waals surface area contributed by atoms with Gasteiger partial charge in [-0.3, -0.25) is 14.5 Å². The number of carbonyl (C=O) groups excluding carboxylic acids is 1. The van der Waals surface area contributed by atoms with Crippen LogP contribution in [0.2, 0.25) is 5.02 Å². The SMILES string of the molecule is CC(C)CNC(=O)COc1coc(CN2CCN(c3cccc(Cl)c3)CC2)cc1=O. The third-order valence-corrected chi connectivity index (χ3v) is 5.08. The smallest absolute Gasteiger partial charge is 0.257 e. The van der Waals surface area contributed by atoms with E-state index in [1.165, 1.54) is 12.3 Å². The van der Waals surface area contributed by atoms with Crippen molar-refractivity contribution in [2.75, 3.05) is 44.2 Å². The van der Waals surface area contributed by atoms with Crippen molar-refractivity contribution in [3.8, 4) is 5.75 Å². The van der Waals surface area contributed by atoms with Crippen molar-refractivity contribution in [2.45, 2.75) is 20.4 Å². The third kappa shape index (κ3) is 6.50. The number of hydrogen-bond acceptors (Lipinski definition) is 6. The molecule has 1 saturated heterocycles. The summed E-state index contributed by atoms with van der Waals surface area (Å²) in [6, 6.07) is 9.29. The van der Waals surface area contributed by atoms with E-state index in [4.69, 9.17) is 20.8 Å². The van der Waals surface area contributed by atoms with Crippen molar-refractivity contribution in [1.29, 1.82) is 0 Å². The van der Waals surface area contributed by atoms with Crippen molar-refractivity contribution in [3.05, 3.63) is 57.6 Å². The maximum absolute atomic E-state index is 12.3. The Kier molecular flexibility index (Phi) is 7.76. The summed E-state index contributed by atoms with van der Waals surface area (Å²) in [7, 11) is 0. The van der Waals surface area contributed by atoms with Crippen LogP contribution in [0.1, 0.15) is 19.6 Å². The number of halogens is 1. The molecule has 0 aliphatic carbocycles. The summed E-state index contributed by atoms with van der Waals surface area (Å²) < 4.78 is 10.9. The Morgan fingerprint density at radius 2 is 2.00 bits per heavy atom. The first-order valence-electron chi connectivity index (χ1n) is 10.1. The van der Waals surface area contributed by atoms with Crippen LogP contribution in [0, 0.1) is 5.92 Å². The molecule has 0 unspecified atom stereocenters. The lowest BCUT2D eigenvalue weighted by Crippen LogP contribution is -2.46. The predicted octanol–water partition coefficient (Wildman–Crippen LogP) is 2.77. The summed E-state index contributed by atoms with van der Waals surface area (Å²) in [6.07, 6.45) is 1.29. The van der Waals surface area contributed by atoms with E-state index in [2.05, 4.69) is 21.2 Å². The van der Waals surface area contributed by atoms with E-state index in [0.29, 0.717) is 24.8 Å². The fourth-order valence-electron chi connectivity index (χ4n) is 3.20. The fraction of sp³-hybridized carbons (Fsp3) is 0.455. The zero-order chi connectivity index (χ0) is 21.5. The summed E-state index contributed by atoms with van der Waals surface area (Å²) in [4.78, 5) is 28.5. The Balaban J connectivity index is 1.48. The highest BCUT2D eigenvalue weighted by molar-refractivity contribution is 6.30. The Hall–Kier alpha value is -2.51. The summed E-state index contributed by atoms with van der Waals surface area (Å²) >= 11 is 6.08. The maximum Gasteiger partial charge on any atom is 0.257 e. The summed E-state index contributed by atoms with van der Waals surface area (Å²) in [6.45, 7) is 8.37. The molecule has 1 aromatic heterocycles. The highest BCUT2D eigenvalue weighted by Gasteiger charge is 2.19. The van der Waals surface area contributed by atoms with E-state index in [-0.39, 0.29) is 23.7 Å². The molecular formula is C22H28ClN3O4. The molecule has 30 heavy (non-hydrogen) atoms. The number of benzene rings is 1. The van der Waals surface area contributed by atoms with E-state index in [1.807, 2.05) is 32.0 Å². The molecule has 8 heteroatoms. The van der Waals surface area contributed by atoms with Gasteiger partial charge in [-0.1, -0.05) is 31.5 Å². The molecular weight excluding hydrogens is 406 g/mol. The molecule has 0 radical (unpaired) electrons. The van der Waals surface area contributed by atoms with Crippen LogP contribution in [0.25, 0.3) is 0 Å². The van der Waals surface area contributed by atoms with E-state index in [9.17, 15) is 9.59 Å². The molecule has 3 rings (SSSR count). The molecule has 2 aromatic rings. The van der Waals surface area contributed by atoms with Gasteiger partial charge in [-0.05, 0) is 24.1 Å². The van der Waals surface area contributed by atoms with Gasteiger partial charge in [0.15, 0.2) is 6.61 Å². The van der Waals surface area contributed by atoms with Crippen molar-refractivity contribution >= 4 is 23.2 Å². The second-order valence-electron chi connectivity index (χ2n) is 7.80. The first kappa shape index (κ1) is 22.2. The first-order chi connectivity index (χ1) is 14.4. The van der Waals surface area contributed by atoms with Gasteiger partial charge in [0.2, 0.25) is 11.2 Å². The quantitative estimate of drug-likeness (QED) is 0.690. The average Bonchev–Trinajstić information content (AvgIpc) is 2.72. The molecule has 2 heterocycles. The minimum absolute atomic E-state index is 0.0456. The van der Waals surface area contributed by atoms with Gasteiger partial charge >= 0.3 is 0 Å². The van der Waals surface area contributed by atoms with Crippen LogP contribution in [0.4, 0.5) is 5.69 Å². The van der Waals surface area contributed by atoms with Crippen molar-refractivity contribution < 1.29 is 13.9 Å². The molecule has 1 aliphatic heterocycles. The van der Waals surface area contributed by atoms with Crippen molar-refractivity contribution in [3.63, 3.8) is 0 Å². The van der Waals surface area contributed by atoms with E-state index >= 15 is 0 Å². The monoisotopic (exact) mass is 433 g/mol. The van der Waals surface area contributed by atoms with Gasteiger partial charge in [-0.15, -0.1) is 0 Å². The lowest BCUT2D eigenvalue weighted by Gasteiger charge is -2.35. The molecule has 7 nitrogen and oxygen atoms in total. The second-order valence-corrected chi connectivity index (χ2v) is 8.24. The zero-order valence-corrected chi connectivity index (χ0v) is 18.2. The van der Waals surface area contributed by atoms with Crippen LogP contribution in [0.15, 0.2) is 45.8 Å². The van der Waals surface area contributed by atoms with Gasteiger partial charge < -0.3 is 19.4 Å². The van der Waals surface area contributed by atoms with Crippen LogP contribution in [0.5, 0.6) is 5.75 Å². The lowest BCUT2D eigenvalue weighted by molar-refractivity contribution is -0.123. The molecule has 0 atom stereocenters. The lowest BCUT2D eigenvalue weighted by atomic mass is 10.2. The number of nitrogens with one attached hydrogen (secondary N) is 1. The number of anilines is 1. The highest BCUT2D eigenvalue weighted by atomic mass is 35.5. The van der Waals surface area contributed by atoms with Crippen LogP contribution in [0.3, 0.4) is 0 Å². The number of nitrogens with zero attached hydrogens (tertiary/aromatic N) is 2. The standard InChI is InChI=1S/C22H28ClN3O4/c1-16(2)12-24-22(28)15-30-21-14-29-19(11-20(21)27)13-25-6-8-26(9-7-25)18-5-3-4-17(23)10-18/h3-5,10-11,14,16H,6-9,12-13,15H2,1-2H3,(H,24,28). The Labute approximate surface area is 181 Å². The first-order valence-corrected chi connectivity index (χ1v) is 10.5. The molecule has 0 spiro atoms.